The highest BCUT2D eigenvalue weighted by atomic mass is 16.3. The molecule has 1 aliphatic heterocycles. The molecule has 3 heteroatoms. The second-order valence-corrected chi connectivity index (χ2v) is 5.17. The van der Waals surface area contributed by atoms with Gasteiger partial charge < -0.3 is 10.4 Å². The fraction of sp³-hybridized carbons (Fsp3) is 0.600. The van der Waals surface area contributed by atoms with Crippen LogP contribution in [0, 0.1) is 0 Å². The van der Waals surface area contributed by atoms with Crippen LogP contribution in [0.2, 0.25) is 0 Å². The summed E-state index contributed by atoms with van der Waals surface area (Å²) in [5, 5.41) is 12.7. The normalized spacial score (nSPS) is 24.6. The molecular formula is C15H24N2O. The van der Waals surface area contributed by atoms with Gasteiger partial charge in [0.2, 0.25) is 0 Å². The Morgan fingerprint density at radius 2 is 1.94 bits per heavy atom. The predicted molar refractivity (Wildman–Crippen MR) is 74.7 cm³/mol. The van der Waals surface area contributed by atoms with Crippen molar-refractivity contribution in [3.05, 3.63) is 35.9 Å². The van der Waals surface area contributed by atoms with Crippen LogP contribution in [0.1, 0.15) is 18.4 Å². The highest BCUT2D eigenvalue weighted by molar-refractivity contribution is 5.14. The number of aliphatic hydroxyl groups is 1. The lowest BCUT2D eigenvalue weighted by atomic mass is 10.1. The molecule has 2 N–H and O–H groups in total. The highest BCUT2D eigenvalue weighted by Gasteiger charge is 2.28. The fourth-order valence-electron chi connectivity index (χ4n) is 2.70. The number of rotatable bonds is 6. The molecule has 100 valence electrons. The molecule has 2 atom stereocenters. The van der Waals surface area contributed by atoms with Gasteiger partial charge >= 0.3 is 0 Å². The van der Waals surface area contributed by atoms with Crippen molar-refractivity contribution < 1.29 is 5.11 Å². The number of likely N-dealkylation sites (N-methyl/N-ethyl adjacent to an activating group) is 1. The van der Waals surface area contributed by atoms with Crippen LogP contribution in [-0.4, -0.2) is 48.8 Å². The largest absolute Gasteiger partial charge is 0.395 e. The van der Waals surface area contributed by atoms with E-state index in [2.05, 4.69) is 47.6 Å². The average molecular weight is 248 g/mol. The van der Waals surface area contributed by atoms with Gasteiger partial charge in [-0.15, -0.1) is 0 Å². The van der Waals surface area contributed by atoms with Crippen LogP contribution in [0.3, 0.4) is 0 Å². The quantitative estimate of drug-likeness (QED) is 0.744. The van der Waals surface area contributed by atoms with Crippen LogP contribution in [0.4, 0.5) is 0 Å². The number of benzene rings is 1. The molecule has 1 aliphatic rings. The minimum Gasteiger partial charge on any atom is -0.395 e. The van der Waals surface area contributed by atoms with Crippen molar-refractivity contribution in [3.63, 3.8) is 0 Å². The number of hydrogen-bond acceptors (Lipinski definition) is 3. The maximum Gasteiger partial charge on any atom is 0.0586 e. The zero-order chi connectivity index (χ0) is 12.8. The summed E-state index contributed by atoms with van der Waals surface area (Å²) in [5.41, 5.74) is 1.39. The van der Waals surface area contributed by atoms with E-state index in [9.17, 15) is 5.11 Å². The molecule has 0 spiro atoms. The minimum absolute atomic E-state index is 0.289. The summed E-state index contributed by atoms with van der Waals surface area (Å²) in [6, 6.07) is 11.5. The van der Waals surface area contributed by atoms with Gasteiger partial charge in [0.15, 0.2) is 0 Å². The van der Waals surface area contributed by atoms with Crippen molar-refractivity contribution >= 4 is 0 Å². The van der Waals surface area contributed by atoms with Crippen molar-refractivity contribution in [2.45, 2.75) is 31.3 Å². The Kier molecular flexibility index (Phi) is 5.17. The Morgan fingerprint density at radius 3 is 2.61 bits per heavy atom. The van der Waals surface area contributed by atoms with Crippen molar-refractivity contribution in [2.24, 2.45) is 0 Å². The molecule has 0 radical (unpaired) electrons. The summed E-state index contributed by atoms with van der Waals surface area (Å²) in [6.45, 7) is 2.34. The molecule has 0 amide bonds. The molecule has 0 unspecified atom stereocenters. The third kappa shape index (κ3) is 3.55. The molecule has 1 aromatic rings. The van der Waals surface area contributed by atoms with Crippen LogP contribution < -0.4 is 5.32 Å². The van der Waals surface area contributed by atoms with E-state index in [1.165, 1.54) is 12.0 Å². The summed E-state index contributed by atoms with van der Waals surface area (Å²) < 4.78 is 0. The molecule has 2 rings (SSSR count). The molecule has 0 bridgehead atoms. The van der Waals surface area contributed by atoms with Gasteiger partial charge in [0.1, 0.15) is 0 Å². The monoisotopic (exact) mass is 248 g/mol. The van der Waals surface area contributed by atoms with Crippen LogP contribution in [-0.2, 0) is 6.42 Å². The molecular weight excluding hydrogens is 224 g/mol. The molecule has 3 nitrogen and oxygen atoms in total. The number of nitrogens with zero attached hydrogens (tertiary/aromatic N) is 1. The molecule has 1 saturated heterocycles. The Labute approximate surface area is 110 Å². The first-order valence-electron chi connectivity index (χ1n) is 6.88. The van der Waals surface area contributed by atoms with Crippen molar-refractivity contribution in [3.8, 4) is 0 Å². The van der Waals surface area contributed by atoms with Gasteiger partial charge in [-0.05, 0) is 38.4 Å². The van der Waals surface area contributed by atoms with Crippen LogP contribution in [0.5, 0.6) is 0 Å². The van der Waals surface area contributed by atoms with E-state index >= 15 is 0 Å². The average Bonchev–Trinajstić information content (AvgIpc) is 2.77. The fourth-order valence-corrected chi connectivity index (χ4v) is 2.70. The third-order valence-corrected chi connectivity index (χ3v) is 4.01. The predicted octanol–water partition coefficient (Wildman–Crippen LogP) is 1.27. The second-order valence-electron chi connectivity index (χ2n) is 5.17. The van der Waals surface area contributed by atoms with Crippen LogP contribution in [0.15, 0.2) is 30.3 Å². The van der Waals surface area contributed by atoms with Gasteiger partial charge in [-0.1, -0.05) is 30.3 Å². The topological polar surface area (TPSA) is 35.5 Å². The zero-order valence-electron chi connectivity index (χ0n) is 11.2. The Hall–Kier alpha value is -0.900. The summed E-state index contributed by atoms with van der Waals surface area (Å²) >= 11 is 0. The molecule has 0 aromatic heterocycles. The van der Waals surface area contributed by atoms with E-state index in [4.69, 9.17) is 0 Å². The number of likely N-dealkylation sites (tertiary alicyclic amines) is 1. The van der Waals surface area contributed by atoms with Gasteiger partial charge in [-0.2, -0.15) is 0 Å². The number of hydrogen-bond donors (Lipinski definition) is 2. The first-order valence-corrected chi connectivity index (χ1v) is 6.88. The van der Waals surface area contributed by atoms with Gasteiger partial charge in [0, 0.05) is 18.6 Å². The number of nitrogens with one attached hydrogen (secondary N) is 1. The Morgan fingerprint density at radius 1 is 1.22 bits per heavy atom. The van der Waals surface area contributed by atoms with E-state index in [0.717, 1.165) is 25.9 Å². The summed E-state index contributed by atoms with van der Waals surface area (Å²) in [6.07, 6.45) is 3.40. The molecule has 0 saturated carbocycles. The lowest BCUT2D eigenvalue weighted by molar-refractivity contribution is 0.154. The van der Waals surface area contributed by atoms with Gasteiger partial charge in [0.25, 0.3) is 0 Å². The lowest BCUT2D eigenvalue weighted by Gasteiger charge is -2.24. The molecule has 1 fully saturated rings. The standard InChI is InChI=1S/C15H24N2O/c1-17-14(7-8-15(17)12-18)11-16-10-9-13-5-3-2-4-6-13/h2-6,14-16,18H,7-12H2,1H3/t14-,15+/m0/s1. The highest BCUT2D eigenvalue weighted by Crippen LogP contribution is 2.20. The Balaban J connectivity index is 1.64. The minimum atomic E-state index is 0.289. The summed E-state index contributed by atoms with van der Waals surface area (Å²) in [5.74, 6) is 0. The van der Waals surface area contributed by atoms with Crippen LogP contribution >= 0.6 is 0 Å². The van der Waals surface area contributed by atoms with E-state index in [0.29, 0.717) is 12.1 Å². The molecule has 0 aliphatic carbocycles. The zero-order valence-corrected chi connectivity index (χ0v) is 11.2. The van der Waals surface area contributed by atoms with Crippen molar-refractivity contribution in [2.75, 3.05) is 26.7 Å². The summed E-state index contributed by atoms with van der Waals surface area (Å²) in [4.78, 5) is 2.31. The van der Waals surface area contributed by atoms with E-state index < -0.39 is 0 Å². The van der Waals surface area contributed by atoms with Gasteiger partial charge in [-0.25, -0.2) is 0 Å². The smallest absolute Gasteiger partial charge is 0.0586 e. The molecule has 1 aromatic carbocycles. The second kappa shape index (κ2) is 6.88. The maximum atomic E-state index is 9.21. The van der Waals surface area contributed by atoms with Gasteiger partial charge in [-0.3, -0.25) is 4.90 Å². The number of aliphatic hydroxyl groups excluding tert-OH is 1. The molecule has 18 heavy (non-hydrogen) atoms. The SMILES string of the molecule is CN1[C@@H](CO)CC[C@H]1CNCCc1ccccc1. The third-order valence-electron chi connectivity index (χ3n) is 4.01. The van der Waals surface area contributed by atoms with Crippen molar-refractivity contribution in [1.82, 2.24) is 10.2 Å². The van der Waals surface area contributed by atoms with Crippen LogP contribution in [0.25, 0.3) is 0 Å². The first kappa shape index (κ1) is 13.5. The summed E-state index contributed by atoms with van der Waals surface area (Å²) in [7, 11) is 2.12. The molecule has 1 heterocycles. The van der Waals surface area contributed by atoms with Gasteiger partial charge in [0.05, 0.1) is 6.61 Å². The van der Waals surface area contributed by atoms with Crippen molar-refractivity contribution in [1.29, 1.82) is 0 Å². The van der Waals surface area contributed by atoms with E-state index in [1.54, 1.807) is 0 Å². The van der Waals surface area contributed by atoms with E-state index in [1.807, 2.05) is 0 Å². The first-order chi connectivity index (χ1) is 8.81. The Bertz CT molecular complexity index is 342. The van der Waals surface area contributed by atoms with E-state index in [-0.39, 0.29) is 6.61 Å². The maximum absolute atomic E-state index is 9.21. The lowest BCUT2D eigenvalue weighted by Crippen LogP contribution is -2.40.